The fraction of sp³-hybridized carbons (Fsp3) is 0.0625. The van der Waals surface area contributed by atoms with E-state index in [4.69, 9.17) is 11.6 Å². The highest BCUT2D eigenvalue weighted by molar-refractivity contribution is 6.35. The summed E-state index contributed by atoms with van der Waals surface area (Å²) in [6, 6.07) is 16.3. The third-order valence-corrected chi connectivity index (χ3v) is 3.41. The van der Waals surface area contributed by atoms with Gasteiger partial charge in [0.05, 0.1) is 5.69 Å². The molecular formula is C16H12ClN. The van der Waals surface area contributed by atoms with Gasteiger partial charge in [-0.25, -0.2) is 0 Å². The standard InChI is InChI=1S/C16H12ClN/c1-11-5-7-12(8-6-11)16-14-3-2-4-15(17)13(14)9-10-18-16/h2-10H,1H3. The van der Waals surface area contributed by atoms with E-state index >= 15 is 0 Å². The van der Waals surface area contributed by atoms with Crippen molar-refractivity contribution in [2.24, 2.45) is 0 Å². The van der Waals surface area contributed by atoms with E-state index in [0.29, 0.717) is 0 Å². The SMILES string of the molecule is Cc1ccc(-c2nccc3c(Cl)cccc23)cc1. The predicted molar refractivity (Wildman–Crippen MR) is 76.9 cm³/mol. The zero-order chi connectivity index (χ0) is 12.5. The number of fused-ring (bicyclic) bond motifs is 1. The van der Waals surface area contributed by atoms with Crippen molar-refractivity contribution < 1.29 is 0 Å². The maximum absolute atomic E-state index is 6.21. The van der Waals surface area contributed by atoms with Crippen molar-refractivity contribution in [2.75, 3.05) is 0 Å². The van der Waals surface area contributed by atoms with E-state index in [1.165, 1.54) is 5.56 Å². The number of aromatic nitrogens is 1. The summed E-state index contributed by atoms with van der Waals surface area (Å²) in [5.74, 6) is 0. The van der Waals surface area contributed by atoms with Crippen LogP contribution < -0.4 is 0 Å². The van der Waals surface area contributed by atoms with Gasteiger partial charge in [-0.05, 0) is 19.1 Å². The van der Waals surface area contributed by atoms with Gasteiger partial charge in [-0.2, -0.15) is 0 Å². The Morgan fingerprint density at radius 3 is 2.44 bits per heavy atom. The number of nitrogens with zero attached hydrogens (tertiary/aromatic N) is 1. The van der Waals surface area contributed by atoms with Crippen LogP contribution in [0, 0.1) is 6.92 Å². The summed E-state index contributed by atoms with van der Waals surface area (Å²) < 4.78 is 0. The minimum atomic E-state index is 0.767. The van der Waals surface area contributed by atoms with Crippen molar-refractivity contribution in [3.05, 3.63) is 65.3 Å². The molecule has 1 heterocycles. The molecule has 0 spiro atoms. The van der Waals surface area contributed by atoms with Crippen LogP contribution in [0.15, 0.2) is 54.7 Å². The molecule has 88 valence electrons. The molecule has 0 aliphatic heterocycles. The quantitative estimate of drug-likeness (QED) is 0.603. The van der Waals surface area contributed by atoms with Gasteiger partial charge in [0.25, 0.3) is 0 Å². The van der Waals surface area contributed by atoms with Gasteiger partial charge in [0, 0.05) is 27.6 Å². The molecule has 0 saturated heterocycles. The summed E-state index contributed by atoms with van der Waals surface area (Å²) in [6.07, 6.45) is 1.81. The second-order valence-corrected chi connectivity index (χ2v) is 4.77. The Morgan fingerprint density at radius 2 is 1.67 bits per heavy atom. The number of pyridine rings is 1. The predicted octanol–water partition coefficient (Wildman–Crippen LogP) is 4.86. The van der Waals surface area contributed by atoms with E-state index in [9.17, 15) is 0 Å². The van der Waals surface area contributed by atoms with Gasteiger partial charge in [0.2, 0.25) is 0 Å². The highest BCUT2D eigenvalue weighted by Gasteiger charge is 2.06. The Morgan fingerprint density at radius 1 is 0.889 bits per heavy atom. The molecule has 0 N–H and O–H groups in total. The summed E-state index contributed by atoms with van der Waals surface area (Å²) in [5.41, 5.74) is 3.35. The molecule has 2 aromatic carbocycles. The Kier molecular flexibility index (Phi) is 2.77. The normalized spacial score (nSPS) is 10.8. The fourth-order valence-corrected chi connectivity index (χ4v) is 2.35. The van der Waals surface area contributed by atoms with Crippen LogP contribution in [-0.2, 0) is 0 Å². The summed E-state index contributed by atoms with van der Waals surface area (Å²) in [4.78, 5) is 4.49. The molecule has 0 aliphatic carbocycles. The molecule has 0 saturated carbocycles. The van der Waals surface area contributed by atoms with E-state index in [-0.39, 0.29) is 0 Å². The van der Waals surface area contributed by atoms with Gasteiger partial charge >= 0.3 is 0 Å². The molecule has 0 bridgehead atoms. The molecule has 0 aliphatic rings. The molecule has 0 amide bonds. The lowest BCUT2D eigenvalue weighted by Crippen LogP contribution is -1.86. The summed E-state index contributed by atoms with van der Waals surface area (Å²) in [5, 5.41) is 2.90. The van der Waals surface area contributed by atoms with E-state index < -0.39 is 0 Å². The molecule has 1 aromatic heterocycles. The first-order valence-electron chi connectivity index (χ1n) is 5.86. The Labute approximate surface area is 111 Å². The lowest BCUT2D eigenvalue weighted by Gasteiger charge is -2.07. The molecule has 2 heteroatoms. The van der Waals surface area contributed by atoms with E-state index in [1.807, 2.05) is 24.4 Å². The molecule has 0 radical (unpaired) electrons. The minimum absolute atomic E-state index is 0.767. The maximum atomic E-state index is 6.21. The van der Waals surface area contributed by atoms with Crippen molar-refractivity contribution >= 4 is 22.4 Å². The summed E-state index contributed by atoms with van der Waals surface area (Å²) >= 11 is 6.21. The van der Waals surface area contributed by atoms with Gasteiger partial charge in [-0.3, -0.25) is 4.98 Å². The molecule has 3 aromatic rings. The van der Waals surface area contributed by atoms with E-state index in [0.717, 1.165) is 27.1 Å². The van der Waals surface area contributed by atoms with Crippen LogP contribution in [0.2, 0.25) is 5.02 Å². The topological polar surface area (TPSA) is 12.9 Å². The minimum Gasteiger partial charge on any atom is -0.256 e. The zero-order valence-electron chi connectivity index (χ0n) is 10.0. The average Bonchev–Trinajstić information content (AvgIpc) is 2.40. The van der Waals surface area contributed by atoms with Crippen molar-refractivity contribution in [1.82, 2.24) is 4.98 Å². The van der Waals surface area contributed by atoms with Crippen LogP contribution in [0.3, 0.4) is 0 Å². The lowest BCUT2D eigenvalue weighted by atomic mass is 10.0. The van der Waals surface area contributed by atoms with Crippen LogP contribution in [-0.4, -0.2) is 4.98 Å². The molecule has 18 heavy (non-hydrogen) atoms. The molecule has 3 rings (SSSR count). The van der Waals surface area contributed by atoms with Crippen LogP contribution in [0.4, 0.5) is 0 Å². The van der Waals surface area contributed by atoms with Crippen molar-refractivity contribution in [1.29, 1.82) is 0 Å². The highest BCUT2D eigenvalue weighted by atomic mass is 35.5. The second-order valence-electron chi connectivity index (χ2n) is 4.36. The zero-order valence-corrected chi connectivity index (χ0v) is 10.8. The van der Waals surface area contributed by atoms with Crippen LogP contribution in [0.5, 0.6) is 0 Å². The van der Waals surface area contributed by atoms with E-state index in [2.05, 4.69) is 42.2 Å². The Bertz CT molecular complexity index is 702. The van der Waals surface area contributed by atoms with Crippen molar-refractivity contribution in [3.63, 3.8) is 0 Å². The monoisotopic (exact) mass is 253 g/mol. The van der Waals surface area contributed by atoms with Crippen molar-refractivity contribution in [3.8, 4) is 11.3 Å². The van der Waals surface area contributed by atoms with Crippen LogP contribution in [0.1, 0.15) is 5.56 Å². The van der Waals surface area contributed by atoms with Gasteiger partial charge in [0.1, 0.15) is 0 Å². The molecule has 0 unspecified atom stereocenters. The van der Waals surface area contributed by atoms with Crippen molar-refractivity contribution in [2.45, 2.75) is 6.92 Å². The average molecular weight is 254 g/mol. The van der Waals surface area contributed by atoms with E-state index in [1.54, 1.807) is 0 Å². The first kappa shape index (κ1) is 11.2. The highest BCUT2D eigenvalue weighted by Crippen LogP contribution is 2.30. The van der Waals surface area contributed by atoms with Crippen LogP contribution >= 0.6 is 11.6 Å². The Balaban J connectivity index is 2.29. The van der Waals surface area contributed by atoms with Gasteiger partial charge in [-0.1, -0.05) is 53.6 Å². The first-order valence-corrected chi connectivity index (χ1v) is 6.24. The summed E-state index contributed by atoms with van der Waals surface area (Å²) in [6.45, 7) is 2.08. The number of benzene rings is 2. The largest absolute Gasteiger partial charge is 0.256 e. The first-order chi connectivity index (χ1) is 8.75. The number of hydrogen-bond donors (Lipinski definition) is 0. The van der Waals surface area contributed by atoms with Gasteiger partial charge in [-0.15, -0.1) is 0 Å². The molecular weight excluding hydrogens is 242 g/mol. The number of rotatable bonds is 1. The molecule has 0 atom stereocenters. The summed E-state index contributed by atoms with van der Waals surface area (Å²) in [7, 11) is 0. The lowest BCUT2D eigenvalue weighted by molar-refractivity contribution is 1.35. The van der Waals surface area contributed by atoms with Gasteiger partial charge < -0.3 is 0 Å². The third-order valence-electron chi connectivity index (χ3n) is 3.08. The van der Waals surface area contributed by atoms with Crippen LogP contribution in [0.25, 0.3) is 22.0 Å². The smallest absolute Gasteiger partial charge is 0.0780 e. The number of hydrogen-bond acceptors (Lipinski definition) is 1. The fourth-order valence-electron chi connectivity index (χ4n) is 2.11. The maximum Gasteiger partial charge on any atom is 0.0780 e. The van der Waals surface area contributed by atoms with Gasteiger partial charge in [0.15, 0.2) is 0 Å². The Hall–Kier alpha value is -1.86. The number of halogens is 1. The molecule has 0 fully saturated rings. The second kappa shape index (κ2) is 4.43. The third kappa shape index (κ3) is 1.87. The molecule has 1 nitrogen and oxygen atoms in total. The number of aryl methyl sites for hydroxylation is 1.